The predicted molar refractivity (Wildman–Crippen MR) is 141 cm³/mol. The zero-order valence-electron chi connectivity index (χ0n) is 22.0. The number of amides is 2. The van der Waals surface area contributed by atoms with Crippen molar-refractivity contribution < 1.29 is 27.5 Å². The molecule has 9 nitrogen and oxygen atoms in total. The monoisotopic (exact) mass is 535 g/mol. The van der Waals surface area contributed by atoms with E-state index in [1.807, 2.05) is 23.1 Å². The molecule has 3 heterocycles. The maximum Gasteiger partial charge on any atom is 0.255 e. The number of rotatable bonds is 3. The van der Waals surface area contributed by atoms with Gasteiger partial charge in [0.15, 0.2) is 0 Å². The van der Waals surface area contributed by atoms with E-state index < -0.39 is 10.0 Å². The average Bonchev–Trinajstić information content (AvgIpc) is 2.89. The van der Waals surface area contributed by atoms with Crippen molar-refractivity contribution in [3.63, 3.8) is 0 Å². The number of nitrogens with zero attached hydrogens (tertiary/aromatic N) is 2. The van der Waals surface area contributed by atoms with Crippen LogP contribution in [-0.4, -0.2) is 88.2 Å². The zero-order chi connectivity index (χ0) is 26.3. The third kappa shape index (κ3) is 7.67. The van der Waals surface area contributed by atoms with Gasteiger partial charge in [-0.1, -0.05) is 18.6 Å². The number of hydrogen-bond acceptors (Lipinski definition) is 6. The zero-order valence-corrected chi connectivity index (χ0v) is 22.8. The third-order valence-electron chi connectivity index (χ3n) is 8.13. The Balaban J connectivity index is 1.35. The first-order valence-electron chi connectivity index (χ1n) is 13.6. The molecule has 0 aromatic heterocycles. The number of hydrogen-bond donors (Lipinski definition) is 1. The Morgan fingerprint density at radius 2 is 1.78 bits per heavy atom. The van der Waals surface area contributed by atoms with Gasteiger partial charge < -0.3 is 19.7 Å². The van der Waals surface area contributed by atoms with Crippen LogP contribution < -0.4 is 10.1 Å². The number of sulfonamides is 1. The fourth-order valence-electron chi connectivity index (χ4n) is 5.67. The van der Waals surface area contributed by atoms with Gasteiger partial charge in [0.25, 0.3) is 5.91 Å². The van der Waals surface area contributed by atoms with Crippen LogP contribution in [0.3, 0.4) is 0 Å². The van der Waals surface area contributed by atoms with Gasteiger partial charge in [-0.2, -0.15) is 0 Å². The topological polar surface area (TPSA) is 105 Å². The van der Waals surface area contributed by atoms with Gasteiger partial charge in [-0.15, -0.1) is 0 Å². The van der Waals surface area contributed by atoms with Crippen molar-refractivity contribution >= 4 is 21.8 Å². The number of likely N-dealkylation sites (tertiary alicyclic amines) is 1. The van der Waals surface area contributed by atoms with Crippen molar-refractivity contribution in [3.05, 3.63) is 29.8 Å². The van der Waals surface area contributed by atoms with Crippen LogP contribution in [0.2, 0.25) is 0 Å². The van der Waals surface area contributed by atoms with E-state index >= 15 is 0 Å². The van der Waals surface area contributed by atoms with E-state index in [0.29, 0.717) is 70.3 Å². The molecule has 37 heavy (non-hydrogen) atoms. The number of ether oxygens (including phenoxy) is 2. The molecule has 3 aliphatic heterocycles. The van der Waals surface area contributed by atoms with E-state index in [0.717, 1.165) is 44.9 Å². The smallest absolute Gasteiger partial charge is 0.255 e. The van der Waals surface area contributed by atoms with Crippen LogP contribution in [0.25, 0.3) is 0 Å². The van der Waals surface area contributed by atoms with Crippen LogP contribution in [0.15, 0.2) is 24.3 Å². The molecule has 1 aromatic carbocycles. The summed E-state index contributed by atoms with van der Waals surface area (Å²) in [7, 11) is -3.16. The van der Waals surface area contributed by atoms with Gasteiger partial charge in [0.05, 0.1) is 25.0 Å². The van der Waals surface area contributed by atoms with Crippen molar-refractivity contribution in [2.24, 2.45) is 11.3 Å². The van der Waals surface area contributed by atoms with Gasteiger partial charge >= 0.3 is 0 Å². The molecule has 10 heteroatoms. The van der Waals surface area contributed by atoms with Crippen LogP contribution in [0.1, 0.15) is 61.7 Å². The lowest BCUT2D eigenvalue weighted by Gasteiger charge is -2.42. The SMILES string of the molecule is CS(=O)(=O)N1CCC(CC(=O)N2CCC3(CCCCOCCNC(=O)c4ccccc4OC3)CC2)CC1. The first-order valence-corrected chi connectivity index (χ1v) is 15.4. The molecule has 1 N–H and O–H groups in total. The molecule has 3 aliphatic rings. The molecular formula is C27H41N3O6S. The minimum Gasteiger partial charge on any atom is -0.492 e. The maximum absolute atomic E-state index is 13.1. The lowest BCUT2D eigenvalue weighted by Crippen LogP contribution is -2.46. The van der Waals surface area contributed by atoms with Gasteiger partial charge in [-0.3, -0.25) is 9.59 Å². The summed E-state index contributed by atoms with van der Waals surface area (Å²) in [6, 6.07) is 7.35. The molecule has 0 bridgehead atoms. The number of piperidine rings is 2. The minimum atomic E-state index is -3.16. The second-order valence-corrected chi connectivity index (χ2v) is 12.8. The van der Waals surface area contributed by atoms with Crippen molar-refractivity contribution in [3.8, 4) is 5.75 Å². The molecule has 2 fully saturated rings. The summed E-state index contributed by atoms with van der Waals surface area (Å²) in [5.74, 6) is 0.844. The molecule has 0 aliphatic carbocycles. The Labute approximate surface area is 220 Å². The number of carbonyl (C=O) groups excluding carboxylic acids is 2. The molecule has 0 radical (unpaired) electrons. The molecule has 2 saturated heterocycles. The van der Waals surface area contributed by atoms with Gasteiger partial charge in [-0.05, 0) is 56.6 Å². The molecule has 206 valence electrons. The van der Waals surface area contributed by atoms with Crippen LogP contribution in [0.5, 0.6) is 5.75 Å². The van der Waals surface area contributed by atoms with Crippen LogP contribution in [0.4, 0.5) is 0 Å². The lowest BCUT2D eigenvalue weighted by atomic mass is 9.75. The fourth-order valence-corrected chi connectivity index (χ4v) is 6.54. The summed E-state index contributed by atoms with van der Waals surface area (Å²) in [5.41, 5.74) is 0.481. The molecule has 0 unspecified atom stereocenters. The third-order valence-corrected chi connectivity index (χ3v) is 9.43. The highest BCUT2D eigenvalue weighted by atomic mass is 32.2. The van der Waals surface area contributed by atoms with Gasteiger partial charge in [-0.25, -0.2) is 12.7 Å². The van der Waals surface area contributed by atoms with Gasteiger partial charge in [0.2, 0.25) is 15.9 Å². The van der Waals surface area contributed by atoms with E-state index in [9.17, 15) is 18.0 Å². The highest BCUT2D eigenvalue weighted by Gasteiger charge is 2.37. The Bertz CT molecular complexity index is 1030. The van der Waals surface area contributed by atoms with E-state index in [1.54, 1.807) is 6.07 Å². The standard InChI is InChI=1S/C27H41N3O6S/c1-37(33,34)30-14-8-22(9-15-30)20-25(31)29-16-11-27(12-17-29)10-4-5-18-35-19-13-28-26(32)23-6-2-3-7-24(23)36-21-27/h2-3,6-7,22H,4-5,8-21H2,1H3,(H,28,32). The summed E-state index contributed by atoms with van der Waals surface area (Å²) < 4.78 is 37.0. The summed E-state index contributed by atoms with van der Waals surface area (Å²) in [6.07, 6.45) is 7.92. The summed E-state index contributed by atoms with van der Waals surface area (Å²) in [5, 5.41) is 2.90. The van der Waals surface area contributed by atoms with E-state index in [1.165, 1.54) is 10.6 Å². The summed E-state index contributed by atoms with van der Waals surface area (Å²) in [6.45, 7) is 4.55. The minimum absolute atomic E-state index is 0.0503. The number of carbonyl (C=O) groups is 2. The Hall–Kier alpha value is -2.17. The van der Waals surface area contributed by atoms with E-state index in [2.05, 4.69) is 5.32 Å². The van der Waals surface area contributed by atoms with Crippen molar-refractivity contribution in [1.82, 2.24) is 14.5 Å². The number of benzene rings is 1. The first kappa shape index (κ1) is 27.9. The Morgan fingerprint density at radius 1 is 1.05 bits per heavy atom. The molecule has 4 rings (SSSR count). The normalized spacial score (nSPS) is 22.9. The molecular weight excluding hydrogens is 494 g/mol. The van der Waals surface area contributed by atoms with E-state index in [-0.39, 0.29) is 23.1 Å². The quantitative estimate of drug-likeness (QED) is 0.638. The number of fused-ring (bicyclic) bond motifs is 1. The lowest BCUT2D eigenvalue weighted by molar-refractivity contribution is -0.135. The highest BCUT2D eigenvalue weighted by Crippen LogP contribution is 2.38. The Morgan fingerprint density at radius 3 is 2.51 bits per heavy atom. The van der Waals surface area contributed by atoms with Crippen molar-refractivity contribution in [2.45, 2.75) is 51.4 Å². The molecule has 2 amide bonds. The fraction of sp³-hybridized carbons (Fsp3) is 0.704. The largest absolute Gasteiger partial charge is 0.492 e. The maximum atomic E-state index is 13.1. The number of para-hydroxylation sites is 1. The van der Waals surface area contributed by atoms with E-state index in [4.69, 9.17) is 9.47 Å². The van der Waals surface area contributed by atoms with Crippen LogP contribution >= 0.6 is 0 Å². The van der Waals surface area contributed by atoms with Crippen LogP contribution in [0, 0.1) is 11.3 Å². The van der Waals surface area contributed by atoms with Crippen molar-refractivity contribution in [2.75, 3.05) is 58.8 Å². The molecule has 1 aromatic rings. The summed E-state index contributed by atoms with van der Waals surface area (Å²) >= 11 is 0. The van der Waals surface area contributed by atoms with Gasteiger partial charge in [0.1, 0.15) is 5.75 Å². The second-order valence-electron chi connectivity index (χ2n) is 10.8. The van der Waals surface area contributed by atoms with Crippen LogP contribution in [-0.2, 0) is 19.6 Å². The predicted octanol–water partition coefficient (Wildman–Crippen LogP) is 2.67. The summed E-state index contributed by atoms with van der Waals surface area (Å²) in [4.78, 5) is 27.7. The average molecular weight is 536 g/mol. The molecule has 1 spiro atoms. The molecule has 0 saturated carbocycles. The highest BCUT2D eigenvalue weighted by molar-refractivity contribution is 7.88. The van der Waals surface area contributed by atoms with Gasteiger partial charge in [0, 0.05) is 51.2 Å². The number of nitrogens with one attached hydrogen (secondary N) is 1. The first-order chi connectivity index (χ1) is 17.8. The second kappa shape index (κ2) is 12.6. The Kier molecular flexibility index (Phi) is 9.47. The molecule has 0 atom stereocenters. The van der Waals surface area contributed by atoms with Crippen molar-refractivity contribution in [1.29, 1.82) is 0 Å².